The van der Waals surface area contributed by atoms with Gasteiger partial charge in [-0.3, -0.25) is 0 Å². The van der Waals surface area contributed by atoms with Crippen molar-refractivity contribution in [3.63, 3.8) is 0 Å². The molecule has 4 heteroatoms. The molecular weight excluding hydrogens is 218 g/mol. The minimum absolute atomic E-state index is 0.352. The predicted molar refractivity (Wildman–Crippen MR) is 71.6 cm³/mol. The van der Waals surface area contributed by atoms with Crippen molar-refractivity contribution in [1.82, 2.24) is 9.80 Å². The molecular formula is C12H23N3S. The van der Waals surface area contributed by atoms with Crippen molar-refractivity contribution in [2.45, 2.75) is 19.8 Å². The van der Waals surface area contributed by atoms with E-state index in [1.165, 1.54) is 45.6 Å². The molecule has 16 heavy (non-hydrogen) atoms. The smallest absolute Gasteiger partial charge is 0.0768 e. The Hall–Kier alpha value is -0.190. The molecule has 2 aliphatic rings. The van der Waals surface area contributed by atoms with E-state index in [0.717, 1.165) is 12.5 Å². The van der Waals surface area contributed by atoms with Gasteiger partial charge < -0.3 is 15.5 Å². The first kappa shape index (κ1) is 12.3. The average Bonchev–Trinajstić information content (AvgIpc) is 3.04. The molecule has 0 aromatic rings. The summed E-state index contributed by atoms with van der Waals surface area (Å²) in [5, 5.41) is 0. The summed E-state index contributed by atoms with van der Waals surface area (Å²) in [5.74, 6) is 1.37. The molecule has 0 radical (unpaired) electrons. The lowest BCUT2D eigenvalue weighted by atomic mass is 10.1. The summed E-state index contributed by atoms with van der Waals surface area (Å²) in [6.07, 6.45) is 2.91. The zero-order chi connectivity index (χ0) is 11.5. The molecule has 2 N–H and O–H groups in total. The fourth-order valence-corrected chi connectivity index (χ4v) is 2.37. The van der Waals surface area contributed by atoms with Crippen LogP contribution >= 0.6 is 12.2 Å². The molecule has 1 unspecified atom stereocenters. The summed E-state index contributed by atoms with van der Waals surface area (Å²) in [5.41, 5.74) is 5.65. The predicted octanol–water partition coefficient (Wildman–Crippen LogP) is 0.936. The quantitative estimate of drug-likeness (QED) is 0.726. The van der Waals surface area contributed by atoms with Gasteiger partial charge in [0.15, 0.2) is 0 Å². The Morgan fingerprint density at radius 2 is 1.81 bits per heavy atom. The van der Waals surface area contributed by atoms with Crippen molar-refractivity contribution < 1.29 is 0 Å². The minimum atomic E-state index is 0.352. The van der Waals surface area contributed by atoms with Crippen LogP contribution in [0.2, 0.25) is 0 Å². The normalized spacial score (nSPS) is 25.6. The van der Waals surface area contributed by atoms with E-state index < -0.39 is 0 Å². The van der Waals surface area contributed by atoms with Crippen molar-refractivity contribution in [1.29, 1.82) is 0 Å². The van der Waals surface area contributed by atoms with E-state index in [0.29, 0.717) is 10.9 Å². The third kappa shape index (κ3) is 3.68. The van der Waals surface area contributed by atoms with Crippen molar-refractivity contribution in [3.05, 3.63) is 0 Å². The van der Waals surface area contributed by atoms with Gasteiger partial charge in [-0.05, 0) is 18.8 Å². The Morgan fingerprint density at radius 3 is 2.31 bits per heavy atom. The molecule has 0 aromatic heterocycles. The molecule has 1 saturated carbocycles. The van der Waals surface area contributed by atoms with E-state index in [1.807, 2.05) is 0 Å². The number of nitrogens with zero attached hydrogens (tertiary/aromatic N) is 2. The minimum Gasteiger partial charge on any atom is -0.393 e. The van der Waals surface area contributed by atoms with Crippen molar-refractivity contribution in [2.75, 3.05) is 39.3 Å². The monoisotopic (exact) mass is 241 g/mol. The van der Waals surface area contributed by atoms with Gasteiger partial charge in [0.25, 0.3) is 0 Å². The van der Waals surface area contributed by atoms with Crippen molar-refractivity contribution in [3.8, 4) is 0 Å². The molecule has 0 aromatic carbocycles. The number of thiocarbonyl (C=S) groups is 1. The number of hydrogen-bond donors (Lipinski definition) is 1. The molecule has 3 nitrogen and oxygen atoms in total. The van der Waals surface area contributed by atoms with Crippen LogP contribution in [0.25, 0.3) is 0 Å². The van der Waals surface area contributed by atoms with Gasteiger partial charge in [-0.1, -0.05) is 19.1 Å². The highest BCUT2D eigenvalue weighted by Crippen LogP contribution is 2.29. The van der Waals surface area contributed by atoms with E-state index in [-0.39, 0.29) is 0 Å². The van der Waals surface area contributed by atoms with Crippen molar-refractivity contribution >= 4 is 17.2 Å². The molecule has 1 saturated heterocycles. The summed E-state index contributed by atoms with van der Waals surface area (Å²) in [4.78, 5) is 5.76. The Morgan fingerprint density at radius 1 is 1.25 bits per heavy atom. The Balaban J connectivity index is 1.65. The molecule has 1 atom stereocenters. The Labute approximate surface area is 104 Å². The Bertz CT molecular complexity index is 245. The standard InChI is InChI=1S/C12H23N3S/c1-10(12(13)16)8-14-4-6-15(7-5-14)9-11-2-3-11/h10-11H,2-9H2,1H3,(H2,13,16). The van der Waals surface area contributed by atoms with Crippen LogP contribution in [-0.2, 0) is 0 Å². The summed E-state index contributed by atoms with van der Waals surface area (Å²) < 4.78 is 0. The van der Waals surface area contributed by atoms with Gasteiger partial charge in [0.1, 0.15) is 0 Å². The van der Waals surface area contributed by atoms with E-state index in [4.69, 9.17) is 18.0 Å². The number of nitrogens with two attached hydrogens (primary N) is 1. The van der Waals surface area contributed by atoms with Gasteiger partial charge in [-0.15, -0.1) is 0 Å². The first-order valence-corrected chi connectivity index (χ1v) is 6.80. The zero-order valence-electron chi connectivity index (χ0n) is 10.2. The third-order valence-corrected chi connectivity index (χ3v) is 4.10. The largest absolute Gasteiger partial charge is 0.393 e. The first-order valence-electron chi connectivity index (χ1n) is 6.39. The molecule has 1 aliphatic heterocycles. The maximum atomic E-state index is 5.65. The van der Waals surface area contributed by atoms with Crippen LogP contribution in [0, 0.1) is 11.8 Å². The maximum absolute atomic E-state index is 5.65. The summed E-state index contributed by atoms with van der Waals surface area (Å²) in [6, 6.07) is 0. The van der Waals surface area contributed by atoms with Crippen LogP contribution in [0.1, 0.15) is 19.8 Å². The molecule has 1 aliphatic carbocycles. The lowest BCUT2D eigenvalue weighted by molar-refractivity contribution is 0.123. The fourth-order valence-electron chi connectivity index (χ4n) is 2.30. The molecule has 2 rings (SSSR count). The second-order valence-corrected chi connectivity index (χ2v) is 5.82. The van der Waals surface area contributed by atoms with E-state index >= 15 is 0 Å². The molecule has 1 heterocycles. The highest BCUT2D eigenvalue weighted by Gasteiger charge is 2.26. The number of rotatable bonds is 5. The second kappa shape index (κ2) is 5.43. The van der Waals surface area contributed by atoms with Crippen LogP contribution in [0.3, 0.4) is 0 Å². The van der Waals surface area contributed by atoms with Gasteiger partial charge in [0.2, 0.25) is 0 Å². The summed E-state index contributed by atoms with van der Waals surface area (Å²) in [6.45, 7) is 9.30. The SMILES string of the molecule is CC(CN1CCN(CC2CC2)CC1)C(N)=S. The number of hydrogen-bond acceptors (Lipinski definition) is 3. The molecule has 0 spiro atoms. The third-order valence-electron chi connectivity index (χ3n) is 3.70. The molecule has 0 bridgehead atoms. The molecule has 0 amide bonds. The van der Waals surface area contributed by atoms with Crippen molar-refractivity contribution in [2.24, 2.45) is 17.6 Å². The lowest BCUT2D eigenvalue weighted by Gasteiger charge is -2.35. The zero-order valence-corrected chi connectivity index (χ0v) is 11.0. The van der Waals surface area contributed by atoms with Crippen LogP contribution in [0.15, 0.2) is 0 Å². The number of piperazine rings is 1. The van der Waals surface area contributed by atoms with Gasteiger partial charge in [-0.2, -0.15) is 0 Å². The maximum Gasteiger partial charge on any atom is 0.0768 e. The van der Waals surface area contributed by atoms with Crippen LogP contribution in [0.5, 0.6) is 0 Å². The second-order valence-electron chi connectivity index (χ2n) is 5.35. The van der Waals surface area contributed by atoms with Crippen LogP contribution in [0.4, 0.5) is 0 Å². The lowest BCUT2D eigenvalue weighted by Crippen LogP contribution is -2.48. The Kier molecular flexibility index (Phi) is 4.16. The van der Waals surface area contributed by atoms with E-state index in [2.05, 4.69) is 16.7 Å². The highest BCUT2D eigenvalue weighted by atomic mass is 32.1. The van der Waals surface area contributed by atoms with Gasteiger partial charge in [0.05, 0.1) is 4.99 Å². The molecule has 92 valence electrons. The van der Waals surface area contributed by atoms with Gasteiger partial charge in [0, 0.05) is 45.2 Å². The van der Waals surface area contributed by atoms with E-state index in [1.54, 1.807) is 0 Å². The summed E-state index contributed by atoms with van der Waals surface area (Å²) in [7, 11) is 0. The fraction of sp³-hybridized carbons (Fsp3) is 0.917. The van der Waals surface area contributed by atoms with Crippen LogP contribution in [-0.4, -0.2) is 54.1 Å². The first-order chi connectivity index (χ1) is 7.65. The van der Waals surface area contributed by atoms with Gasteiger partial charge >= 0.3 is 0 Å². The van der Waals surface area contributed by atoms with E-state index in [9.17, 15) is 0 Å². The topological polar surface area (TPSA) is 32.5 Å². The van der Waals surface area contributed by atoms with Crippen LogP contribution < -0.4 is 5.73 Å². The highest BCUT2D eigenvalue weighted by molar-refractivity contribution is 7.80. The average molecular weight is 241 g/mol. The summed E-state index contributed by atoms with van der Waals surface area (Å²) >= 11 is 5.02. The van der Waals surface area contributed by atoms with Gasteiger partial charge in [-0.25, -0.2) is 0 Å². The molecule has 2 fully saturated rings.